The molecule has 2 atom stereocenters. The van der Waals surface area contributed by atoms with Gasteiger partial charge >= 0.3 is 6.18 Å². The van der Waals surface area contributed by atoms with E-state index in [1.54, 1.807) is 17.9 Å². The molecule has 0 aromatic heterocycles. The van der Waals surface area contributed by atoms with E-state index < -0.39 is 29.0 Å². The van der Waals surface area contributed by atoms with Gasteiger partial charge in [-0.3, -0.25) is 9.59 Å². The summed E-state index contributed by atoms with van der Waals surface area (Å²) >= 11 is 0. The van der Waals surface area contributed by atoms with Gasteiger partial charge in [0.2, 0.25) is 11.8 Å². The van der Waals surface area contributed by atoms with Crippen LogP contribution in [0.2, 0.25) is 0 Å². The quantitative estimate of drug-likeness (QED) is 0.557. The van der Waals surface area contributed by atoms with Crippen molar-refractivity contribution in [2.45, 2.75) is 39.8 Å². The SMILES string of the molecule is Cc1cccc(C)c1N1C[C@@](CN(C)CC2CC2)(C(=O)Nc2cc(C#N)cc(C(F)(F)F)c2)[C@H](C)C1=O. The van der Waals surface area contributed by atoms with E-state index in [1.165, 1.54) is 6.07 Å². The molecular weight excluding hydrogens is 481 g/mol. The Kier molecular flexibility index (Phi) is 7.08. The molecule has 4 rings (SSSR count). The van der Waals surface area contributed by atoms with Crippen LogP contribution in [0.3, 0.4) is 0 Å². The molecule has 0 spiro atoms. The average molecular weight is 513 g/mol. The van der Waals surface area contributed by atoms with Crippen molar-refractivity contribution in [1.29, 1.82) is 5.26 Å². The van der Waals surface area contributed by atoms with E-state index in [-0.39, 0.29) is 30.2 Å². The third-order valence-corrected chi connectivity index (χ3v) is 7.53. The third kappa shape index (κ3) is 5.35. The predicted molar refractivity (Wildman–Crippen MR) is 135 cm³/mol. The van der Waals surface area contributed by atoms with Crippen LogP contribution in [0.1, 0.15) is 42.0 Å². The maximum absolute atomic E-state index is 14.0. The molecule has 0 radical (unpaired) electrons. The van der Waals surface area contributed by atoms with Crippen LogP contribution >= 0.6 is 0 Å². The van der Waals surface area contributed by atoms with Gasteiger partial charge in [-0.05, 0) is 69.0 Å². The number of halogens is 3. The number of carbonyl (C=O) groups is 2. The summed E-state index contributed by atoms with van der Waals surface area (Å²) in [5, 5.41) is 11.9. The molecule has 1 aliphatic heterocycles. The second kappa shape index (κ2) is 9.82. The Hall–Kier alpha value is -3.38. The van der Waals surface area contributed by atoms with Crippen LogP contribution in [0.25, 0.3) is 0 Å². The maximum atomic E-state index is 14.0. The second-order valence-corrected chi connectivity index (χ2v) is 10.5. The van der Waals surface area contributed by atoms with Crippen molar-refractivity contribution in [3.8, 4) is 6.07 Å². The fourth-order valence-electron chi connectivity index (χ4n) is 5.39. The van der Waals surface area contributed by atoms with Gasteiger partial charge < -0.3 is 15.1 Å². The van der Waals surface area contributed by atoms with Crippen LogP contribution in [0.4, 0.5) is 24.5 Å². The van der Waals surface area contributed by atoms with Crippen LogP contribution in [-0.4, -0.2) is 43.4 Å². The summed E-state index contributed by atoms with van der Waals surface area (Å²) in [6, 6.07) is 10.2. The number of rotatable bonds is 7. The molecule has 9 heteroatoms. The fourth-order valence-corrected chi connectivity index (χ4v) is 5.39. The van der Waals surface area contributed by atoms with Crippen LogP contribution in [0.5, 0.6) is 0 Å². The van der Waals surface area contributed by atoms with Crippen molar-refractivity contribution in [3.05, 3.63) is 58.7 Å². The molecule has 1 saturated carbocycles. The van der Waals surface area contributed by atoms with Crippen LogP contribution in [0, 0.1) is 42.4 Å². The van der Waals surface area contributed by atoms with E-state index in [2.05, 4.69) is 5.32 Å². The molecule has 2 aromatic rings. The lowest BCUT2D eigenvalue weighted by molar-refractivity contribution is -0.137. The first-order chi connectivity index (χ1) is 17.4. The Morgan fingerprint density at radius 2 is 1.86 bits per heavy atom. The number of carbonyl (C=O) groups excluding carboxylic acids is 2. The highest BCUT2D eigenvalue weighted by Crippen LogP contribution is 2.43. The lowest BCUT2D eigenvalue weighted by Gasteiger charge is -2.35. The van der Waals surface area contributed by atoms with Crippen LogP contribution < -0.4 is 10.2 Å². The number of para-hydroxylation sites is 1. The number of benzene rings is 2. The second-order valence-electron chi connectivity index (χ2n) is 10.5. The number of hydrogen-bond acceptors (Lipinski definition) is 4. The Morgan fingerprint density at radius 1 is 1.22 bits per heavy atom. The molecular formula is C28H31F3N4O2. The number of alkyl halides is 3. The van der Waals surface area contributed by atoms with Gasteiger partial charge in [0.25, 0.3) is 0 Å². The fraction of sp³-hybridized carbons (Fsp3) is 0.464. The molecule has 2 aromatic carbocycles. The minimum Gasteiger partial charge on any atom is -0.325 e. The van der Waals surface area contributed by atoms with E-state index >= 15 is 0 Å². The zero-order chi connectivity index (χ0) is 27.1. The molecule has 0 unspecified atom stereocenters. The summed E-state index contributed by atoms with van der Waals surface area (Å²) in [7, 11) is 1.91. The first-order valence-corrected chi connectivity index (χ1v) is 12.4. The number of aryl methyl sites for hydroxylation is 2. The number of nitriles is 1. The Morgan fingerprint density at radius 3 is 2.43 bits per heavy atom. The number of amides is 2. The molecule has 2 aliphatic rings. The highest BCUT2D eigenvalue weighted by atomic mass is 19.4. The molecule has 1 heterocycles. The van der Waals surface area contributed by atoms with Gasteiger partial charge in [-0.15, -0.1) is 0 Å². The van der Waals surface area contributed by atoms with E-state index in [0.717, 1.165) is 48.3 Å². The summed E-state index contributed by atoms with van der Waals surface area (Å²) in [4.78, 5) is 31.3. The molecule has 2 amide bonds. The molecule has 2 fully saturated rings. The van der Waals surface area contributed by atoms with Crippen molar-refractivity contribution in [1.82, 2.24) is 4.90 Å². The molecule has 37 heavy (non-hydrogen) atoms. The highest BCUT2D eigenvalue weighted by Gasteiger charge is 2.56. The number of nitrogens with one attached hydrogen (secondary N) is 1. The monoisotopic (exact) mass is 512 g/mol. The maximum Gasteiger partial charge on any atom is 0.416 e. The first-order valence-electron chi connectivity index (χ1n) is 12.4. The summed E-state index contributed by atoms with van der Waals surface area (Å²) < 4.78 is 40.3. The van der Waals surface area contributed by atoms with E-state index in [0.29, 0.717) is 5.92 Å². The molecule has 6 nitrogen and oxygen atoms in total. The molecule has 1 saturated heterocycles. The van der Waals surface area contributed by atoms with Crippen molar-refractivity contribution < 1.29 is 22.8 Å². The van der Waals surface area contributed by atoms with E-state index in [4.69, 9.17) is 0 Å². The van der Waals surface area contributed by atoms with Gasteiger partial charge in [0.15, 0.2) is 0 Å². The zero-order valence-corrected chi connectivity index (χ0v) is 21.4. The largest absolute Gasteiger partial charge is 0.416 e. The number of hydrogen-bond donors (Lipinski definition) is 1. The lowest BCUT2D eigenvalue weighted by Crippen LogP contribution is -2.50. The highest BCUT2D eigenvalue weighted by molar-refractivity contribution is 6.08. The molecule has 1 N–H and O–H groups in total. The van der Waals surface area contributed by atoms with Crippen molar-refractivity contribution >= 4 is 23.2 Å². The predicted octanol–water partition coefficient (Wildman–Crippen LogP) is 5.14. The van der Waals surface area contributed by atoms with Crippen LogP contribution in [-0.2, 0) is 15.8 Å². The Labute approximate surface area is 215 Å². The normalized spacial score (nSPS) is 21.9. The van der Waals surface area contributed by atoms with E-state index in [9.17, 15) is 28.0 Å². The van der Waals surface area contributed by atoms with Gasteiger partial charge in [-0.25, -0.2) is 0 Å². The lowest BCUT2D eigenvalue weighted by atomic mass is 9.77. The molecule has 0 bridgehead atoms. The van der Waals surface area contributed by atoms with Crippen molar-refractivity contribution in [3.63, 3.8) is 0 Å². The minimum atomic E-state index is -4.68. The molecule has 1 aliphatic carbocycles. The van der Waals surface area contributed by atoms with Crippen LogP contribution in [0.15, 0.2) is 36.4 Å². The smallest absolute Gasteiger partial charge is 0.325 e. The number of anilines is 2. The summed E-state index contributed by atoms with van der Waals surface area (Å²) in [5.41, 5.74) is -0.00169. The first kappa shape index (κ1) is 26.7. The summed E-state index contributed by atoms with van der Waals surface area (Å²) in [5.74, 6) is -0.898. The Balaban J connectivity index is 1.73. The zero-order valence-electron chi connectivity index (χ0n) is 21.4. The summed E-state index contributed by atoms with van der Waals surface area (Å²) in [6.07, 6.45) is -2.44. The van der Waals surface area contributed by atoms with Crippen molar-refractivity contribution in [2.24, 2.45) is 17.3 Å². The van der Waals surface area contributed by atoms with Gasteiger partial charge in [-0.1, -0.05) is 25.1 Å². The van der Waals surface area contributed by atoms with Gasteiger partial charge in [-0.2, -0.15) is 18.4 Å². The topological polar surface area (TPSA) is 76.4 Å². The third-order valence-electron chi connectivity index (χ3n) is 7.53. The van der Waals surface area contributed by atoms with Gasteiger partial charge in [0, 0.05) is 31.0 Å². The van der Waals surface area contributed by atoms with Gasteiger partial charge in [0.05, 0.1) is 28.5 Å². The Bertz CT molecular complexity index is 1240. The van der Waals surface area contributed by atoms with Gasteiger partial charge in [0.1, 0.15) is 0 Å². The summed E-state index contributed by atoms with van der Waals surface area (Å²) in [6.45, 7) is 6.68. The minimum absolute atomic E-state index is 0.101. The van der Waals surface area contributed by atoms with Crippen molar-refractivity contribution in [2.75, 3.05) is 36.9 Å². The number of nitrogens with zero attached hydrogens (tertiary/aromatic N) is 3. The molecule has 196 valence electrons. The average Bonchev–Trinajstić information content (AvgIpc) is 3.60. The van der Waals surface area contributed by atoms with E-state index in [1.807, 2.05) is 44.0 Å². The standard InChI is InChI=1S/C28H31F3N4O2/c1-17-6-5-7-18(2)24(17)35-16-27(19(3)25(35)36,15-34(4)14-20-8-9-20)26(37)33-23-11-21(13-32)10-22(12-23)28(29,30)31/h5-7,10-12,19-20H,8-9,14-16H2,1-4H3,(H,33,37)/t19-,27-/m1/s1.